The van der Waals surface area contributed by atoms with Gasteiger partial charge in [0.25, 0.3) is 0 Å². The maximum absolute atomic E-state index is 5.14. The second-order valence-electron chi connectivity index (χ2n) is 14.3. The summed E-state index contributed by atoms with van der Waals surface area (Å²) in [5.41, 5.74) is 15.6. The van der Waals surface area contributed by atoms with Crippen LogP contribution in [0.4, 0.5) is 17.1 Å². The van der Waals surface area contributed by atoms with E-state index in [0.717, 1.165) is 33.5 Å². The summed E-state index contributed by atoms with van der Waals surface area (Å²) in [5, 5.41) is 0. The van der Waals surface area contributed by atoms with Gasteiger partial charge >= 0.3 is 0 Å². The fourth-order valence-electron chi connectivity index (χ4n) is 8.99. The highest BCUT2D eigenvalue weighted by molar-refractivity contribution is 5.97. The molecule has 4 heteroatoms. The normalized spacial score (nSPS) is 13.1. The first-order valence-corrected chi connectivity index (χ1v) is 19.0. The molecule has 1 aromatic heterocycles. The lowest BCUT2D eigenvalue weighted by atomic mass is 9.64. The molecule has 0 N–H and O–H groups in total. The average Bonchev–Trinajstić information content (AvgIpc) is 3.57. The van der Waals surface area contributed by atoms with Crippen LogP contribution in [0.2, 0.25) is 0 Å². The molecule has 1 aliphatic carbocycles. The number of anilines is 3. The van der Waals surface area contributed by atoms with Crippen LogP contribution < -0.4 is 4.90 Å². The maximum Gasteiger partial charge on any atom is 0.164 e. The lowest BCUT2D eigenvalue weighted by Gasteiger charge is -2.45. The molecule has 1 spiro atoms. The Morgan fingerprint density at radius 2 is 0.750 bits per heavy atom. The number of rotatable bonds is 5. The number of fused-ring (bicyclic) bond motifs is 9. The van der Waals surface area contributed by atoms with Crippen molar-refractivity contribution in [1.29, 1.82) is 0 Å². The average molecular weight is 715 g/mol. The standard InChI is InChI=1S/C52H34N4/c1-4-18-35(19-5-1)49-53-50(36-20-6-2-7-21-36)55-51(54-49)42-26-11-10-24-39(42)37-32-33-41-40-25-12-13-27-43(40)52(46(41)34-37)44-28-14-16-30-47(44)56(38-22-8-3-9-23-38)48-31-17-15-29-45(48)52/h1-34H. The lowest BCUT2D eigenvalue weighted by molar-refractivity contribution is 0.753. The van der Waals surface area contributed by atoms with Gasteiger partial charge in [-0.1, -0.05) is 176 Å². The summed E-state index contributed by atoms with van der Waals surface area (Å²) in [6, 6.07) is 73.4. The van der Waals surface area contributed by atoms with Crippen LogP contribution in [0.5, 0.6) is 0 Å². The second-order valence-corrected chi connectivity index (χ2v) is 14.3. The van der Waals surface area contributed by atoms with Crippen molar-refractivity contribution >= 4 is 17.1 Å². The first kappa shape index (κ1) is 32.0. The van der Waals surface area contributed by atoms with E-state index in [0.29, 0.717) is 17.5 Å². The van der Waals surface area contributed by atoms with Gasteiger partial charge in [-0.25, -0.2) is 15.0 Å². The predicted octanol–water partition coefficient (Wildman–Crippen LogP) is 12.7. The molecule has 0 unspecified atom stereocenters. The van der Waals surface area contributed by atoms with Gasteiger partial charge in [0.05, 0.1) is 16.8 Å². The second kappa shape index (κ2) is 12.9. The zero-order chi connectivity index (χ0) is 37.1. The van der Waals surface area contributed by atoms with Gasteiger partial charge in [-0.3, -0.25) is 0 Å². The van der Waals surface area contributed by atoms with Gasteiger partial charge in [0.2, 0.25) is 0 Å². The van der Waals surface area contributed by atoms with Crippen LogP contribution in [0, 0.1) is 0 Å². The van der Waals surface area contributed by atoms with E-state index < -0.39 is 5.41 Å². The smallest absolute Gasteiger partial charge is 0.164 e. The van der Waals surface area contributed by atoms with E-state index in [1.807, 2.05) is 36.4 Å². The zero-order valence-corrected chi connectivity index (χ0v) is 30.4. The fraction of sp³-hybridized carbons (Fsp3) is 0.0192. The van der Waals surface area contributed by atoms with E-state index in [1.165, 1.54) is 44.8 Å². The van der Waals surface area contributed by atoms with Crippen LogP contribution in [0.25, 0.3) is 56.4 Å². The molecular formula is C52H34N4. The SMILES string of the molecule is c1ccc(-c2nc(-c3ccccc3)nc(-c3ccccc3-c3ccc4c(c3)C3(c5ccccc5-4)c4ccccc4N(c4ccccc4)c4ccccc43)n2)cc1. The molecule has 0 fully saturated rings. The first-order valence-electron chi connectivity index (χ1n) is 19.0. The summed E-state index contributed by atoms with van der Waals surface area (Å²) in [7, 11) is 0. The number of benzene rings is 8. The molecule has 262 valence electrons. The van der Waals surface area contributed by atoms with Gasteiger partial charge < -0.3 is 4.90 Å². The number of nitrogens with zero attached hydrogens (tertiary/aromatic N) is 4. The molecule has 1 aliphatic heterocycles. The summed E-state index contributed by atoms with van der Waals surface area (Å²) in [4.78, 5) is 17.7. The number of hydrogen-bond acceptors (Lipinski definition) is 4. The number of para-hydroxylation sites is 3. The van der Waals surface area contributed by atoms with Crippen LogP contribution in [-0.4, -0.2) is 15.0 Å². The molecule has 2 heterocycles. The molecular weight excluding hydrogens is 681 g/mol. The lowest BCUT2D eigenvalue weighted by Crippen LogP contribution is -2.36. The minimum Gasteiger partial charge on any atom is -0.310 e. The van der Waals surface area contributed by atoms with E-state index in [1.54, 1.807) is 0 Å². The fourth-order valence-corrected chi connectivity index (χ4v) is 8.99. The monoisotopic (exact) mass is 714 g/mol. The Balaban J connectivity index is 1.15. The van der Waals surface area contributed by atoms with E-state index in [9.17, 15) is 0 Å². The number of aromatic nitrogens is 3. The minimum atomic E-state index is -0.552. The van der Waals surface area contributed by atoms with E-state index >= 15 is 0 Å². The van der Waals surface area contributed by atoms with Gasteiger partial charge in [0.15, 0.2) is 17.5 Å². The molecule has 8 aromatic carbocycles. The zero-order valence-electron chi connectivity index (χ0n) is 30.4. The van der Waals surface area contributed by atoms with Crippen molar-refractivity contribution in [2.45, 2.75) is 5.41 Å². The Kier molecular flexibility index (Phi) is 7.36. The molecule has 9 aromatic rings. The van der Waals surface area contributed by atoms with Crippen molar-refractivity contribution in [2.75, 3.05) is 4.90 Å². The molecule has 0 saturated carbocycles. The molecule has 0 bridgehead atoms. The molecule has 0 radical (unpaired) electrons. The highest BCUT2D eigenvalue weighted by atomic mass is 15.2. The van der Waals surface area contributed by atoms with Gasteiger partial charge in [-0.15, -0.1) is 0 Å². The summed E-state index contributed by atoms with van der Waals surface area (Å²) in [5.74, 6) is 1.93. The van der Waals surface area contributed by atoms with Gasteiger partial charge in [-0.2, -0.15) is 0 Å². The Morgan fingerprint density at radius 3 is 1.36 bits per heavy atom. The summed E-state index contributed by atoms with van der Waals surface area (Å²) in [6.45, 7) is 0. The quantitative estimate of drug-likeness (QED) is 0.178. The van der Waals surface area contributed by atoms with Crippen molar-refractivity contribution in [3.63, 3.8) is 0 Å². The topological polar surface area (TPSA) is 41.9 Å². The van der Waals surface area contributed by atoms with Crippen molar-refractivity contribution < 1.29 is 0 Å². The Hall–Kier alpha value is -7.43. The van der Waals surface area contributed by atoms with Crippen LogP contribution in [0.3, 0.4) is 0 Å². The van der Waals surface area contributed by atoms with Crippen molar-refractivity contribution in [2.24, 2.45) is 0 Å². The largest absolute Gasteiger partial charge is 0.310 e. The van der Waals surface area contributed by atoms with Crippen LogP contribution in [0.1, 0.15) is 22.3 Å². The molecule has 2 aliphatic rings. The third-order valence-corrected chi connectivity index (χ3v) is 11.3. The molecule has 0 amide bonds. The van der Waals surface area contributed by atoms with Gasteiger partial charge in [0, 0.05) is 22.4 Å². The molecule has 56 heavy (non-hydrogen) atoms. The van der Waals surface area contributed by atoms with Crippen LogP contribution in [-0.2, 0) is 5.41 Å². The summed E-state index contributed by atoms with van der Waals surface area (Å²) < 4.78 is 0. The Labute approximate surface area is 326 Å². The third kappa shape index (κ3) is 4.83. The van der Waals surface area contributed by atoms with E-state index in [4.69, 9.17) is 15.0 Å². The van der Waals surface area contributed by atoms with Crippen molar-refractivity contribution in [1.82, 2.24) is 15.0 Å². The van der Waals surface area contributed by atoms with Crippen molar-refractivity contribution in [3.8, 4) is 56.4 Å². The van der Waals surface area contributed by atoms with Gasteiger partial charge in [-0.05, 0) is 74.8 Å². The van der Waals surface area contributed by atoms with Crippen LogP contribution >= 0.6 is 0 Å². The highest BCUT2D eigenvalue weighted by Gasteiger charge is 2.51. The van der Waals surface area contributed by atoms with Crippen LogP contribution in [0.15, 0.2) is 206 Å². The summed E-state index contributed by atoms with van der Waals surface area (Å²) in [6.07, 6.45) is 0. The molecule has 0 saturated heterocycles. The highest BCUT2D eigenvalue weighted by Crippen LogP contribution is 2.63. The Morgan fingerprint density at radius 1 is 0.304 bits per heavy atom. The Bertz CT molecular complexity index is 2820. The molecule has 11 rings (SSSR count). The predicted molar refractivity (Wildman–Crippen MR) is 227 cm³/mol. The third-order valence-electron chi connectivity index (χ3n) is 11.3. The first-order chi connectivity index (χ1) is 27.8. The maximum atomic E-state index is 5.14. The summed E-state index contributed by atoms with van der Waals surface area (Å²) >= 11 is 0. The minimum absolute atomic E-state index is 0.552. The van der Waals surface area contributed by atoms with Gasteiger partial charge in [0.1, 0.15) is 0 Å². The van der Waals surface area contributed by atoms with E-state index in [-0.39, 0.29) is 0 Å². The molecule has 0 atom stereocenters. The van der Waals surface area contributed by atoms with Crippen molar-refractivity contribution in [3.05, 3.63) is 229 Å². The number of hydrogen-bond donors (Lipinski definition) is 0. The van der Waals surface area contributed by atoms with E-state index in [2.05, 4.69) is 175 Å². The molecule has 4 nitrogen and oxygen atoms in total.